The number of anilines is 2. The molecular formula is C53H78N2. The van der Waals surface area contributed by atoms with Crippen molar-refractivity contribution in [2.75, 3.05) is 11.5 Å². The lowest BCUT2D eigenvalue weighted by Crippen LogP contribution is -2.06. The topological polar surface area (TPSA) is 52.0 Å². The largest absolute Gasteiger partial charge is 0.399 e. The van der Waals surface area contributed by atoms with Crippen LogP contribution in [-0.2, 0) is 25.7 Å². The molecule has 0 saturated carbocycles. The van der Waals surface area contributed by atoms with Gasteiger partial charge in [0, 0.05) is 11.4 Å². The molecule has 0 saturated heterocycles. The first-order valence-corrected chi connectivity index (χ1v) is 22.3. The van der Waals surface area contributed by atoms with E-state index in [0.29, 0.717) is 0 Å². The molecule has 0 aliphatic carbocycles. The van der Waals surface area contributed by atoms with Crippen LogP contribution in [0.2, 0.25) is 0 Å². The van der Waals surface area contributed by atoms with Crippen LogP contribution in [0, 0.1) is 55.4 Å². The van der Waals surface area contributed by atoms with Gasteiger partial charge < -0.3 is 11.5 Å². The second-order valence-electron chi connectivity index (χ2n) is 17.3. The minimum atomic E-state index is 0.838. The number of unbranched alkanes of at least 4 members (excludes halogenated alkanes) is 16. The van der Waals surface area contributed by atoms with Crippen molar-refractivity contribution in [2.45, 2.75) is 190 Å². The fourth-order valence-electron chi connectivity index (χ4n) is 9.15. The van der Waals surface area contributed by atoms with Gasteiger partial charge in [-0.15, -0.1) is 0 Å². The van der Waals surface area contributed by atoms with Crippen LogP contribution in [0.1, 0.15) is 187 Å². The van der Waals surface area contributed by atoms with E-state index in [-0.39, 0.29) is 0 Å². The quantitative estimate of drug-likeness (QED) is 0.0555. The van der Waals surface area contributed by atoms with Gasteiger partial charge in [0.05, 0.1) is 0 Å². The molecule has 4 aromatic rings. The van der Waals surface area contributed by atoms with Gasteiger partial charge in [-0.05, 0) is 196 Å². The summed E-state index contributed by atoms with van der Waals surface area (Å²) in [7, 11) is 0. The number of hydrogen-bond donors (Lipinski definition) is 2. The van der Waals surface area contributed by atoms with Gasteiger partial charge in [-0.1, -0.05) is 121 Å². The van der Waals surface area contributed by atoms with Crippen molar-refractivity contribution in [3.63, 3.8) is 0 Å². The minimum absolute atomic E-state index is 0.838. The maximum atomic E-state index is 5.92. The third-order valence-corrected chi connectivity index (χ3v) is 13.4. The molecule has 0 radical (unpaired) electrons. The van der Waals surface area contributed by atoms with Gasteiger partial charge in [0.1, 0.15) is 0 Å². The molecule has 0 aromatic heterocycles. The summed E-state index contributed by atoms with van der Waals surface area (Å²) in [5.41, 5.74) is 34.4. The molecule has 4 aromatic carbocycles. The zero-order valence-electron chi connectivity index (χ0n) is 36.6. The summed E-state index contributed by atoms with van der Waals surface area (Å²) < 4.78 is 0. The Labute approximate surface area is 338 Å². The Hall–Kier alpha value is -3.52. The van der Waals surface area contributed by atoms with Crippen LogP contribution in [0.3, 0.4) is 0 Å². The summed E-state index contributed by atoms with van der Waals surface area (Å²) in [6.45, 7) is 18.7. The highest BCUT2D eigenvalue weighted by molar-refractivity contribution is 5.53. The van der Waals surface area contributed by atoms with Crippen molar-refractivity contribution in [2.24, 2.45) is 0 Å². The van der Waals surface area contributed by atoms with E-state index in [0.717, 1.165) is 24.2 Å². The van der Waals surface area contributed by atoms with Gasteiger partial charge in [0.25, 0.3) is 0 Å². The molecule has 4 N–H and O–H groups in total. The lowest BCUT2D eigenvalue weighted by atomic mass is 9.84. The lowest BCUT2D eigenvalue weighted by Gasteiger charge is -2.21. The summed E-state index contributed by atoms with van der Waals surface area (Å²) in [6.07, 6.45) is 28.3. The lowest BCUT2D eigenvalue weighted by molar-refractivity contribution is 0.525. The number of nitrogen functional groups attached to an aromatic ring is 2. The molecule has 2 nitrogen and oxygen atoms in total. The number of hydrogen-bond acceptors (Lipinski definition) is 2. The van der Waals surface area contributed by atoms with Crippen LogP contribution in [-0.4, -0.2) is 0 Å². The van der Waals surface area contributed by atoms with Gasteiger partial charge in [-0.25, -0.2) is 0 Å². The van der Waals surface area contributed by atoms with Crippen molar-refractivity contribution in [3.8, 4) is 0 Å². The predicted octanol–water partition coefficient (Wildman–Crippen LogP) is 14.9. The van der Waals surface area contributed by atoms with Gasteiger partial charge >= 0.3 is 0 Å². The summed E-state index contributed by atoms with van der Waals surface area (Å²) in [6, 6.07) is 16.8. The zero-order chi connectivity index (χ0) is 39.7. The average Bonchev–Trinajstić information content (AvgIpc) is 3.18. The molecule has 0 bridgehead atoms. The first kappa shape index (κ1) is 44.2. The van der Waals surface area contributed by atoms with Gasteiger partial charge in [0.2, 0.25) is 0 Å². The molecule has 0 fully saturated rings. The van der Waals surface area contributed by atoms with Crippen LogP contribution in [0.4, 0.5) is 11.4 Å². The van der Waals surface area contributed by atoms with Crippen LogP contribution in [0.5, 0.6) is 0 Å². The smallest absolute Gasteiger partial charge is 0.0314 e. The number of nitrogens with two attached hydrogens (primary N) is 2. The third-order valence-electron chi connectivity index (χ3n) is 13.4. The third kappa shape index (κ3) is 13.3. The molecule has 0 atom stereocenters. The number of rotatable bonds is 24. The Morgan fingerprint density at radius 1 is 0.273 bits per heavy atom. The maximum Gasteiger partial charge on any atom is 0.0314 e. The molecule has 0 unspecified atom stereocenters. The molecule has 0 amide bonds. The summed E-state index contributed by atoms with van der Waals surface area (Å²) in [5.74, 6) is 0. The zero-order valence-corrected chi connectivity index (χ0v) is 36.6. The van der Waals surface area contributed by atoms with Crippen molar-refractivity contribution in [1.29, 1.82) is 0 Å². The van der Waals surface area contributed by atoms with Gasteiger partial charge in [0.15, 0.2) is 0 Å². The molecule has 0 aliphatic rings. The van der Waals surface area contributed by atoms with E-state index >= 15 is 0 Å². The van der Waals surface area contributed by atoms with E-state index in [1.165, 1.54) is 189 Å². The van der Waals surface area contributed by atoms with Crippen molar-refractivity contribution in [3.05, 3.63) is 126 Å². The van der Waals surface area contributed by atoms with E-state index < -0.39 is 0 Å². The minimum Gasteiger partial charge on any atom is -0.399 e. The second-order valence-corrected chi connectivity index (χ2v) is 17.3. The molecule has 300 valence electrons. The predicted molar refractivity (Wildman–Crippen MR) is 244 cm³/mol. The maximum absolute atomic E-state index is 5.92. The Bertz CT molecular complexity index is 1570. The molecule has 0 heterocycles. The van der Waals surface area contributed by atoms with E-state index in [2.05, 4.69) is 79.7 Å². The summed E-state index contributed by atoms with van der Waals surface area (Å²) in [4.78, 5) is 0. The van der Waals surface area contributed by atoms with Crippen LogP contribution in [0.15, 0.2) is 48.5 Å². The molecule has 0 spiro atoms. The van der Waals surface area contributed by atoms with Crippen molar-refractivity contribution in [1.82, 2.24) is 0 Å². The number of benzene rings is 4. The normalized spacial score (nSPS) is 11.5. The highest BCUT2D eigenvalue weighted by Crippen LogP contribution is 2.32. The van der Waals surface area contributed by atoms with Crippen LogP contribution < -0.4 is 11.5 Å². The highest BCUT2D eigenvalue weighted by Gasteiger charge is 2.16. The Morgan fingerprint density at radius 2 is 0.473 bits per heavy atom. The molecule has 55 heavy (non-hydrogen) atoms. The second kappa shape index (κ2) is 22.9. The van der Waals surface area contributed by atoms with Crippen LogP contribution >= 0.6 is 0 Å². The summed E-state index contributed by atoms with van der Waals surface area (Å²) in [5, 5.41) is 0. The van der Waals surface area contributed by atoms with E-state index in [9.17, 15) is 0 Å². The van der Waals surface area contributed by atoms with Crippen molar-refractivity contribution >= 4 is 11.4 Å². The SMILES string of the molecule is Cc1c(C)c(Cc2ccc(N)cc2)c(C)c(C)c1CCCCCCCCCCCCCCCCCCCc1c(C)c(C)c(Cc2ccc(N)cc2)c(C)c1C. The van der Waals surface area contributed by atoms with Crippen molar-refractivity contribution < 1.29 is 0 Å². The molecular weight excluding hydrogens is 665 g/mol. The Kier molecular flexibility index (Phi) is 18.4. The van der Waals surface area contributed by atoms with Crippen LogP contribution in [0.25, 0.3) is 0 Å². The molecule has 4 rings (SSSR count). The monoisotopic (exact) mass is 743 g/mol. The Balaban J connectivity index is 0.978. The first-order chi connectivity index (χ1) is 26.5. The standard InChI is InChI=1S/C53H78N2/c1-38-42(5)52(36-46-28-32-48(54)33-29-46)43(6)39(2)50(38)26-24-22-20-18-16-14-12-10-9-11-13-15-17-19-21-23-25-27-51-40(3)44(7)53(45(8)41(51)4)37-47-30-34-49(55)35-31-47/h28-35H,9-27,36-37,54-55H2,1-8H3. The van der Waals surface area contributed by atoms with E-state index in [1.54, 1.807) is 11.1 Å². The fraction of sp³-hybridized carbons (Fsp3) is 0.547. The first-order valence-electron chi connectivity index (χ1n) is 22.3. The van der Waals surface area contributed by atoms with Gasteiger partial charge in [-0.2, -0.15) is 0 Å². The average molecular weight is 743 g/mol. The molecule has 0 aliphatic heterocycles. The Morgan fingerprint density at radius 3 is 0.709 bits per heavy atom. The molecule has 2 heteroatoms. The summed E-state index contributed by atoms with van der Waals surface area (Å²) >= 11 is 0. The van der Waals surface area contributed by atoms with Gasteiger partial charge in [-0.3, -0.25) is 0 Å². The highest BCUT2D eigenvalue weighted by atomic mass is 14.5. The van der Waals surface area contributed by atoms with E-state index in [4.69, 9.17) is 11.5 Å². The fourth-order valence-corrected chi connectivity index (χ4v) is 9.15. The van der Waals surface area contributed by atoms with E-state index in [1.807, 2.05) is 24.3 Å².